The summed E-state index contributed by atoms with van der Waals surface area (Å²) in [5.74, 6) is 0. The summed E-state index contributed by atoms with van der Waals surface area (Å²) in [5.41, 5.74) is 3.65. The summed E-state index contributed by atoms with van der Waals surface area (Å²) in [4.78, 5) is 31.5. The van der Waals surface area contributed by atoms with E-state index in [0.29, 0.717) is 27.9 Å². The first kappa shape index (κ1) is 20.8. The third-order valence-corrected chi connectivity index (χ3v) is 7.43. The largest absolute Gasteiger partial charge is 0.384 e. The zero-order valence-corrected chi connectivity index (χ0v) is 19.7. The molecule has 7 rings (SSSR count). The molecule has 1 atom stereocenters. The normalized spacial score (nSPS) is 14.5. The highest BCUT2D eigenvalue weighted by atomic mass is 16.3. The van der Waals surface area contributed by atoms with Gasteiger partial charge in [-0.3, -0.25) is 13.9 Å². The van der Waals surface area contributed by atoms with E-state index in [4.69, 9.17) is 4.98 Å². The van der Waals surface area contributed by atoms with E-state index >= 15 is 0 Å². The quantitative estimate of drug-likeness (QED) is 0.354. The number of rotatable bonds is 1. The fourth-order valence-electron chi connectivity index (χ4n) is 5.72. The fraction of sp³-hybridized carbons (Fsp3) is 0.100. The molecule has 0 aliphatic heterocycles. The van der Waals surface area contributed by atoms with Crippen molar-refractivity contribution in [3.63, 3.8) is 0 Å². The summed E-state index contributed by atoms with van der Waals surface area (Å²) in [6, 6.07) is 25.8. The Kier molecular flexibility index (Phi) is 4.17. The van der Waals surface area contributed by atoms with Gasteiger partial charge in [-0.2, -0.15) is 0 Å². The molecule has 0 radical (unpaired) electrons. The summed E-state index contributed by atoms with van der Waals surface area (Å²) in [6.07, 6.45) is -0.956. The molecule has 0 bridgehead atoms. The van der Waals surface area contributed by atoms with Crippen molar-refractivity contribution in [2.75, 3.05) is 0 Å². The number of fused-ring (bicyclic) bond motifs is 6. The van der Waals surface area contributed by atoms with Crippen molar-refractivity contribution in [2.45, 2.75) is 6.10 Å². The van der Waals surface area contributed by atoms with E-state index in [-0.39, 0.29) is 0 Å². The van der Waals surface area contributed by atoms with Crippen LogP contribution in [0.3, 0.4) is 0 Å². The summed E-state index contributed by atoms with van der Waals surface area (Å²) in [7, 11) is 3.11. The van der Waals surface area contributed by atoms with Crippen LogP contribution in [0.5, 0.6) is 0 Å². The number of aromatic nitrogens is 3. The van der Waals surface area contributed by atoms with Gasteiger partial charge >= 0.3 is 5.69 Å². The van der Waals surface area contributed by atoms with Crippen LogP contribution in [0.4, 0.5) is 0 Å². The van der Waals surface area contributed by atoms with Crippen LogP contribution in [0.2, 0.25) is 0 Å². The van der Waals surface area contributed by atoms with Gasteiger partial charge < -0.3 is 5.11 Å². The molecule has 0 saturated heterocycles. The van der Waals surface area contributed by atoms with Gasteiger partial charge in [-0.05, 0) is 38.7 Å². The van der Waals surface area contributed by atoms with Gasteiger partial charge in [0, 0.05) is 30.8 Å². The van der Waals surface area contributed by atoms with Crippen molar-refractivity contribution in [1.82, 2.24) is 14.1 Å². The maximum absolute atomic E-state index is 13.8. The Morgan fingerprint density at radius 2 is 1.39 bits per heavy atom. The molecule has 2 aromatic heterocycles. The van der Waals surface area contributed by atoms with Crippen LogP contribution >= 0.6 is 0 Å². The van der Waals surface area contributed by atoms with Crippen LogP contribution in [0, 0.1) is 0 Å². The maximum Gasteiger partial charge on any atom is 0.332 e. The van der Waals surface area contributed by atoms with Gasteiger partial charge in [0.15, 0.2) is 5.65 Å². The Morgan fingerprint density at radius 3 is 2.08 bits per heavy atom. The third-order valence-electron chi connectivity index (χ3n) is 7.43. The number of aryl methyl sites for hydroxylation is 1. The Labute approximate surface area is 205 Å². The first-order valence-electron chi connectivity index (χ1n) is 11.8. The molecule has 4 aromatic carbocycles. The van der Waals surface area contributed by atoms with E-state index in [9.17, 15) is 14.7 Å². The maximum atomic E-state index is 13.8. The third kappa shape index (κ3) is 2.56. The van der Waals surface area contributed by atoms with Crippen molar-refractivity contribution in [3.05, 3.63) is 111 Å². The molecule has 6 heteroatoms. The molecule has 36 heavy (non-hydrogen) atoms. The molecule has 6 nitrogen and oxygen atoms in total. The molecule has 0 unspecified atom stereocenters. The summed E-state index contributed by atoms with van der Waals surface area (Å²) >= 11 is 0. The molecule has 174 valence electrons. The van der Waals surface area contributed by atoms with Crippen LogP contribution in [0.15, 0.2) is 88.5 Å². The number of hydrogen-bond donors (Lipinski definition) is 1. The lowest BCUT2D eigenvalue weighted by atomic mass is 9.87. The minimum Gasteiger partial charge on any atom is -0.384 e. The van der Waals surface area contributed by atoms with Gasteiger partial charge in [0.05, 0.1) is 11.1 Å². The van der Waals surface area contributed by atoms with Crippen LogP contribution in [-0.2, 0) is 14.1 Å². The average molecular weight is 472 g/mol. The second kappa shape index (κ2) is 7.23. The predicted octanol–water partition coefficient (Wildman–Crippen LogP) is 4.67. The Morgan fingerprint density at radius 1 is 0.778 bits per heavy atom. The molecular weight excluding hydrogens is 450 g/mol. The van der Waals surface area contributed by atoms with Gasteiger partial charge in [-0.1, -0.05) is 72.8 Å². The number of aliphatic hydroxyl groups is 1. The summed E-state index contributed by atoms with van der Waals surface area (Å²) < 4.78 is 2.53. The van der Waals surface area contributed by atoms with Crippen molar-refractivity contribution in [1.29, 1.82) is 0 Å². The summed E-state index contributed by atoms with van der Waals surface area (Å²) in [6.45, 7) is 0. The topological polar surface area (TPSA) is 77.1 Å². The SMILES string of the molecule is Cn1c(=O)c2c(-c3c4ccccc4cc4ccccc34)c3c(nc2n(C)c1=O)-c1ccccc1[C@H]3O. The lowest BCUT2D eigenvalue weighted by molar-refractivity contribution is 0.225. The second-order valence-corrected chi connectivity index (χ2v) is 9.34. The summed E-state index contributed by atoms with van der Waals surface area (Å²) in [5, 5.41) is 15.9. The van der Waals surface area contributed by atoms with Crippen molar-refractivity contribution < 1.29 is 5.11 Å². The zero-order valence-electron chi connectivity index (χ0n) is 19.7. The molecule has 0 fully saturated rings. The second-order valence-electron chi connectivity index (χ2n) is 9.34. The number of nitrogens with zero attached hydrogens (tertiary/aromatic N) is 3. The Bertz CT molecular complexity index is 1980. The fourth-order valence-corrected chi connectivity index (χ4v) is 5.72. The smallest absolute Gasteiger partial charge is 0.332 e. The Hall–Kier alpha value is -4.55. The lowest BCUT2D eigenvalue weighted by Gasteiger charge is -2.20. The van der Waals surface area contributed by atoms with Crippen LogP contribution in [-0.4, -0.2) is 19.2 Å². The minimum atomic E-state index is -0.956. The molecular formula is C30H21N3O3. The first-order valence-corrected chi connectivity index (χ1v) is 11.8. The van der Waals surface area contributed by atoms with E-state index in [1.54, 1.807) is 7.05 Å². The predicted molar refractivity (Wildman–Crippen MR) is 142 cm³/mol. The van der Waals surface area contributed by atoms with Crippen LogP contribution in [0.1, 0.15) is 17.2 Å². The van der Waals surface area contributed by atoms with Gasteiger partial charge in [-0.25, -0.2) is 9.78 Å². The van der Waals surface area contributed by atoms with E-state index in [1.165, 1.54) is 11.6 Å². The van der Waals surface area contributed by atoms with Crippen LogP contribution < -0.4 is 11.2 Å². The molecule has 6 aromatic rings. The molecule has 1 aliphatic carbocycles. The van der Waals surface area contributed by atoms with Crippen molar-refractivity contribution in [2.24, 2.45) is 14.1 Å². The molecule has 0 spiro atoms. The Balaban J connectivity index is 1.83. The van der Waals surface area contributed by atoms with E-state index in [1.807, 2.05) is 72.8 Å². The monoisotopic (exact) mass is 471 g/mol. The molecule has 0 amide bonds. The van der Waals surface area contributed by atoms with E-state index < -0.39 is 17.4 Å². The van der Waals surface area contributed by atoms with Crippen molar-refractivity contribution in [3.8, 4) is 22.4 Å². The average Bonchev–Trinajstić information content (AvgIpc) is 3.20. The highest BCUT2D eigenvalue weighted by molar-refractivity contribution is 6.17. The first-order chi connectivity index (χ1) is 17.5. The van der Waals surface area contributed by atoms with Crippen LogP contribution in [0.25, 0.3) is 55.0 Å². The number of aliphatic hydroxyl groups excluding tert-OH is 1. The highest BCUT2D eigenvalue weighted by Gasteiger charge is 2.35. The van der Waals surface area contributed by atoms with Crippen molar-refractivity contribution >= 4 is 32.6 Å². The number of benzene rings is 4. The molecule has 1 aliphatic rings. The standard InChI is InChI=1S/C30H21N3O3/c1-32-28-25(29(35)33(2)30(32)36)23(24-26(31-28)20-13-7-8-14-21(20)27(24)34)22-18-11-5-3-9-16(18)15-17-10-4-6-12-19(17)22/h3-15,27,34H,1-2H3/t27-/m1/s1. The zero-order chi connectivity index (χ0) is 24.7. The number of pyridine rings is 1. The van der Waals surface area contributed by atoms with Gasteiger partial charge in [0.2, 0.25) is 0 Å². The lowest BCUT2D eigenvalue weighted by Crippen LogP contribution is -2.37. The highest BCUT2D eigenvalue weighted by Crippen LogP contribution is 2.50. The van der Waals surface area contributed by atoms with Gasteiger partial charge in [0.25, 0.3) is 5.56 Å². The van der Waals surface area contributed by atoms with Gasteiger partial charge in [0.1, 0.15) is 6.10 Å². The minimum absolute atomic E-state index is 0.303. The molecule has 2 heterocycles. The van der Waals surface area contributed by atoms with Gasteiger partial charge in [-0.15, -0.1) is 0 Å². The van der Waals surface area contributed by atoms with E-state index in [2.05, 4.69) is 6.07 Å². The number of hydrogen-bond acceptors (Lipinski definition) is 4. The molecule has 1 N–H and O–H groups in total. The van der Waals surface area contributed by atoms with E-state index in [0.717, 1.165) is 42.8 Å². The molecule has 0 saturated carbocycles.